The summed E-state index contributed by atoms with van der Waals surface area (Å²) in [4.78, 5) is 14.3. The van der Waals surface area contributed by atoms with Crippen LogP contribution in [-0.2, 0) is 16.4 Å². The van der Waals surface area contributed by atoms with E-state index in [9.17, 15) is 13.2 Å². The third kappa shape index (κ3) is 4.87. The van der Waals surface area contributed by atoms with Gasteiger partial charge in [-0.2, -0.15) is 0 Å². The Hall–Kier alpha value is -2.38. The van der Waals surface area contributed by atoms with Gasteiger partial charge in [-0.15, -0.1) is 0 Å². The summed E-state index contributed by atoms with van der Waals surface area (Å²) in [6.45, 7) is 1.82. The normalized spacial score (nSPS) is 14.3. The van der Waals surface area contributed by atoms with E-state index < -0.39 is 10.0 Å². The van der Waals surface area contributed by atoms with Gasteiger partial charge in [-0.05, 0) is 61.2 Å². The summed E-state index contributed by atoms with van der Waals surface area (Å²) in [7, 11) is -2.02. The van der Waals surface area contributed by atoms with E-state index >= 15 is 0 Å². The highest BCUT2D eigenvalue weighted by Gasteiger charge is 2.20. The number of amides is 1. The number of rotatable bonds is 7. The predicted octanol–water partition coefficient (Wildman–Crippen LogP) is 2.45. The lowest BCUT2D eigenvalue weighted by Crippen LogP contribution is -2.28. The van der Waals surface area contributed by atoms with Crippen LogP contribution < -0.4 is 9.46 Å². The number of carbonyl (C=O) groups is 1. The van der Waals surface area contributed by atoms with E-state index in [0.29, 0.717) is 12.0 Å². The summed E-state index contributed by atoms with van der Waals surface area (Å²) in [5, 5.41) is 0. The maximum absolute atomic E-state index is 12.5. The summed E-state index contributed by atoms with van der Waals surface area (Å²) in [6.07, 6.45) is 2.60. The van der Waals surface area contributed by atoms with Gasteiger partial charge < -0.3 is 9.64 Å². The van der Waals surface area contributed by atoms with E-state index in [1.165, 1.54) is 12.1 Å². The lowest BCUT2D eigenvalue weighted by molar-refractivity contribution is 0.0792. The Morgan fingerprint density at radius 3 is 2.48 bits per heavy atom. The number of nitrogens with one attached hydrogen (secondary N) is 1. The molecule has 2 aromatic carbocycles. The van der Waals surface area contributed by atoms with Crippen molar-refractivity contribution in [3.8, 4) is 5.75 Å². The minimum atomic E-state index is -3.61. The van der Waals surface area contributed by atoms with Gasteiger partial charge in [-0.25, -0.2) is 13.1 Å². The maximum Gasteiger partial charge on any atom is 0.253 e. The third-order valence-electron chi connectivity index (χ3n) is 4.64. The molecule has 2 aromatic rings. The average Bonchev–Trinajstić information content (AvgIpc) is 3.22. The minimum absolute atomic E-state index is 0.0394. The number of ether oxygens (including phenoxy) is 1. The van der Waals surface area contributed by atoms with Gasteiger partial charge in [-0.1, -0.05) is 12.1 Å². The lowest BCUT2D eigenvalue weighted by atomic mass is 10.1. The molecule has 0 saturated carbocycles. The monoisotopic (exact) mass is 388 g/mol. The molecule has 0 atom stereocenters. The smallest absolute Gasteiger partial charge is 0.253 e. The molecule has 27 heavy (non-hydrogen) atoms. The quantitative estimate of drug-likeness (QED) is 0.791. The molecule has 0 spiro atoms. The first-order valence-electron chi connectivity index (χ1n) is 9.01. The molecule has 1 N–H and O–H groups in total. The molecule has 6 nitrogen and oxygen atoms in total. The third-order valence-corrected chi connectivity index (χ3v) is 6.12. The highest BCUT2D eigenvalue weighted by atomic mass is 32.2. The van der Waals surface area contributed by atoms with Crippen molar-refractivity contribution in [3.05, 3.63) is 59.7 Å². The fourth-order valence-electron chi connectivity index (χ4n) is 3.12. The molecule has 0 aromatic heterocycles. The Morgan fingerprint density at radius 1 is 1.11 bits per heavy atom. The number of carbonyl (C=O) groups excluding carboxylic acids is 1. The zero-order valence-corrected chi connectivity index (χ0v) is 16.2. The van der Waals surface area contributed by atoms with Crippen LogP contribution in [0.5, 0.6) is 5.75 Å². The highest BCUT2D eigenvalue weighted by Crippen LogP contribution is 2.16. The Labute approximate surface area is 160 Å². The van der Waals surface area contributed by atoms with Crippen LogP contribution in [0.25, 0.3) is 0 Å². The molecule has 1 fully saturated rings. The largest absolute Gasteiger partial charge is 0.497 e. The fraction of sp³-hybridized carbons (Fsp3) is 0.350. The molecule has 7 heteroatoms. The van der Waals surface area contributed by atoms with E-state index in [4.69, 9.17) is 4.74 Å². The number of hydrogen-bond donors (Lipinski definition) is 1. The number of hydrogen-bond acceptors (Lipinski definition) is 4. The van der Waals surface area contributed by atoms with Crippen molar-refractivity contribution >= 4 is 15.9 Å². The van der Waals surface area contributed by atoms with Gasteiger partial charge in [0.25, 0.3) is 5.91 Å². The zero-order valence-electron chi connectivity index (χ0n) is 15.3. The molecule has 0 aliphatic carbocycles. The van der Waals surface area contributed by atoms with Crippen LogP contribution >= 0.6 is 0 Å². The Bertz CT molecular complexity index is 888. The SMILES string of the molecule is COc1cccc(CCNS(=O)(=O)c2ccc(C(=O)N3CCCC3)cc2)c1. The topological polar surface area (TPSA) is 75.7 Å². The van der Waals surface area contributed by atoms with Crippen LogP contribution in [0.15, 0.2) is 53.4 Å². The van der Waals surface area contributed by atoms with Crippen LogP contribution in [0, 0.1) is 0 Å². The van der Waals surface area contributed by atoms with Crippen molar-refractivity contribution in [2.45, 2.75) is 24.2 Å². The van der Waals surface area contributed by atoms with Gasteiger partial charge in [0.1, 0.15) is 5.75 Å². The van der Waals surface area contributed by atoms with Gasteiger partial charge in [0.05, 0.1) is 12.0 Å². The predicted molar refractivity (Wildman–Crippen MR) is 103 cm³/mol. The van der Waals surface area contributed by atoms with E-state index in [-0.39, 0.29) is 17.3 Å². The summed E-state index contributed by atoms with van der Waals surface area (Å²) in [6, 6.07) is 13.7. The van der Waals surface area contributed by atoms with Gasteiger partial charge in [0.2, 0.25) is 10.0 Å². The second-order valence-corrected chi connectivity index (χ2v) is 8.29. The standard InChI is InChI=1S/C20H24N2O4S/c1-26-18-6-4-5-16(15-18)11-12-21-27(24,25)19-9-7-17(8-10-19)20(23)22-13-2-3-14-22/h4-10,15,21H,2-3,11-14H2,1H3. The Balaban J connectivity index is 1.59. The molecular weight excluding hydrogens is 364 g/mol. The van der Waals surface area contributed by atoms with Crippen molar-refractivity contribution in [1.82, 2.24) is 9.62 Å². The van der Waals surface area contributed by atoms with Crippen molar-refractivity contribution in [1.29, 1.82) is 0 Å². The van der Waals surface area contributed by atoms with Gasteiger partial charge >= 0.3 is 0 Å². The molecule has 144 valence electrons. The van der Waals surface area contributed by atoms with Crippen LogP contribution in [-0.4, -0.2) is 46.0 Å². The van der Waals surface area contributed by atoms with Crippen LogP contribution in [0.1, 0.15) is 28.8 Å². The number of methoxy groups -OCH3 is 1. The maximum atomic E-state index is 12.5. The van der Waals surface area contributed by atoms with Crippen LogP contribution in [0.3, 0.4) is 0 Å². The van der Waals surface area contributed by atoms with E-state index in [1.807, 2.05) is 24.3 Å². The van der Waals surface area contributed by atoms with Crippen molar-refractivity contribution in [2.75, 3.05) is 26.7 Å². The molecule has 1 amide bonds. The second kappa shape index (κ2) is 8.54. The van der Waals surface area contributed by atoms with E-state index in [2.05, 4.69) is 4.72 Å². The summed E-state index contributed by atoms with van der Waals surface area (Å²) in [5.74, 6) is 0.705. The molecule has 1 aliphatic rings. The fourth-order valence-corrected chi connectivity index (χ4v) is 4.15. The van der Waals surface area contributed by atoms with Crippen molar-refractivity contribution in [2.24, 2.45) is 0 Å². The molecule has 1 aliphatic heterocycles. The van der Waals surface area contributed by atoms with Gasteiger partial charge in [0, 0.05) is 25.2 Å². The second-order valence-electron chi connectivity index (χ2n) is 6.52. The van der Waals surface area contributed by atoms with Crippen LogP contribution in [0.2, 0.25) is 0 Å². The number of nitrogens with zero attached hydrogens (tertiary/aromatic N) is 1. The molecule has 1 heterocycles. The van der Waals surface area contributed by atoms with Gasteiger partial charge in [0.15, 0.2) is 0 Å². The van der Waals surface area contributed by atoms with E-state index in [1.54, 1.807) is 24.1 Å². The lowest BCUT2D eigenvalue weighted by Gasteiger charge is -2.15. The number of likely N-dealkylation sites (tertiary alicyclic amines) is 1. The molecule has 3 rings (SSSR count). The first-order chi connectivity index (χ1) is 13.0. The summed E-state index contributed by atoms with van der Waals surface area (Å²) >= 11 is 0. The summed E-state index contributed by atoms with van der Waals surface area (Å²) in [5.41, 5.74) is 1.51. The molecule has 0 radical (unpaired) electrons. The Kier molecular flexibility index (Phi) is 6.13. The first kappa shape index (κ1) is 19.4. The van der Waals surface area contributed by atoms with Crippen LogP contribution in [0.4, 0.5) is 0 Å². The molecule has 0 bridgehead atoms. The molecule has 1 saturated heterocycles. The number of benzene rings is 2. The minimum Gasteiger partial charge on any atom is -0.497 e. The molecule has 0 unspecified atom stereocenters. The van der Waals surface area contributed by atoms with Crippen molar-refractivity contribution in [3.63, 3.8) is 0 Å². The highest BCUT2D eigenvalue weighted by molar-refractivity contribution is 7.89. The van der Waals surface area contributed by atoms with E-state index in [0.717, 1.165) is 37.2 Å². The zero-order chi connectivity index (χ0) is 19.3. The average molecular weight is 388 g/mol. The Morgan fingerprint density at radius 2 is 1.81 bits per heavy atom. The van der Waals surface area contributed by atoms with Crippen molar-refractivity contribution < 1.29 is 17.9 Å². The number of sulfonamides is 1. The first-order valence-corrected chi connectivity index (χ1v) is 10.5. The molecular formula is C20H24N2O4S. The summed E-state index contributed by atoms with van der Waals surface area (Å²) < 4.78 is 32.7. The van der Waals surface area contributed by atoms with Gasteiger partial charge in [-0.3, -0.25) is 4.79 Å².